The van der Waals surface area contributed by atoms with Crippen LogP contribution in [0.5, 0.6) is 0 Å². The van der Waals surface area contributed by atoms with Gasteiger partial charge in [-0.3, -0.25) is 4.79 Å². The fourth-order valence-electron chi connectivity index (χ4n) is 2.39. The third kappa shape index (κ3) is 4.06. The molecule has 0 aliphatic carbocycles. The third-order valence-electron chi connectivity index (χ3n) is 4.08. The van der Waals surface area contributed by atoms with Gasteiger partial charge < -0.3 is 15.6 Å². The number of hydrogen-bond donors (Lipinski definition) is 3. The summed E-state index contributed by atoms with van der Waals surface area (Å²) in [6.45, 7) is 4.93. The van der Waals surface area contributed by atoms with E-state index in [0.29, 0.717) is 17.4 Å². The van der Waals surface area contributed by atoms with Gasteiger partial charge in [0.05, 0.1) is 5.02 Å². The Balaban J connectivity index is 1.98. The fourth-order valence-corrected chi connectivity index (χ4v) is 2.59. The second-order valence-corrected chi connectivity index (χ2v) is 6.38. The summed E-state index contributed by atoms with van der Waals surface area (Å²) in [4.78, 5) is 18.7. The van der Waals surface area contributed by atoms with Crippen LogP contribution in [0, 0.1) is 5.41 Å². The van der Waals surface area contributed by atoms with Crippen LogP contribution in [0.4, 0.5) is 5.82 Å². The number of carbonyl (C=O) groups excluding carboxylic acids is 1. The van der Waals surface area contributed by atoms with E-state index in [4.69, 9.17) is 17.4 Å². The summed E-state index contributed by atoms with van der Waals surface area (Å²) in [6.07, 6.45) is 2.13. The first-order valence-corrected chi connectivity index (χ1v) is 7.41. The van der Waals surface area contributed by atoms with Crippen molar-refractivity contribution in [1.82, 2.24) is 15.2 Å². The number of nitrogens with one attached hydrogen (secondary N) is 2. The average Bonchev–Trinajstić information content (AvgIpc) is 2.49. The molecule has 6 nitrogen and oxygen atoms in total. The number of nitrogens with two attached hydrogens (primary N) is 1. The number of aromatic nitrogens is 1. The lowest BCUT2D eigenvalue weighted by Gasteiger charge is -2.37. The van der Waals surface area contributed by atoms with E-state index in [9.17, 15) is 4.79 Å². The predicted octanol–water partition coefficient (Wildman–Crippen LogP) is 1.48. The fraction of sp³-hybridized carbons (Fsp3) is 0.571. The predicted molar refractivity (Wildman–Crippen MR) is 84.2 cm³/mol. The van der Waals surface area contributed by atoms with Crippen LogP contribution >= 0.6 is 11.6 Å². The van der Waals surface area contributed by atoms with E-state index >= 15 is 0 Å². The number of nitrogens with zero attached hydrogens (tertiary/aromatic N) is 2. The summed E-state index contributed by atoms with van der Waals surface area (Å²) in [7, 11) is 2.12. The van der Waals surface area contributed by atoms with Crippen LogP contribution in [0.25, 0.3) is 0 Å². The Bertz CT molecular complexity index is 514. The van der Waals surface area contributed by atoms with Gasteiger partial charge in [-0.25, -0.2) is 10.8 Å². The molecule has 1 aromatic rings. The van der Waals surface area contributed by atoms with Gasteiger partial charge in [0.15, 0.2) is 0 Å². The van der Waals surface area contributed by atoms with Gasteiger partial charge in [0, 0.05) is 6.54 Å². The molecular weight excluding hydrogens is 290 g/mol. The second kappa shape index (κ2) is 6.60. The van der Waals surface area contributed by atoms with Crippen molar-refractivity contribution < 1.29 is 4.79 Å². The normalized spacial score (nSPS) is 18.3. The lowest BCUT2D eigenvalue weighted by atomic mass is 9.80. The number of carbonyl (C=O) groups is 1. The zero-order chi connectivity index (χ0) is 15.5. The summed E-state index contributed by atoms with van der Waals surface area (Å²) in [5.74, 6) is 5.45. The molecule has 1 aliphatic rings. The van der Waals surface area contributed by atoms with Gasteiger partial charge in [-0.1, -0.05) is 18.5 Å². The van der Waals surface area contributed by atoms with Crippen molar-refractivity contribution in [3.8, 4) is 0 Å². The average molecular weight is 312 g/mol. The van der Waals surface area contributed by atoms with E-state index in [1.807, 2.05) is 0 Å². The first-order valence-electron chi connectivity index (χ1n) is 7.03. The molecule has 1 aromatic heterocycles. The Morgan fingerprint density at radius 3 is 2.76 bits per heavy atom. The van der Waals surface area contributed by atoms with Gasteiger partial charge in [0.25, 0.3) is 5.91 Å². The molecular formula is C14H22ClN5O. The van der Waals surface area contributed by atoms with E-state index in [1.54, 1.807) is 12.1 Å². The number of nitrogen functional groups attached to an aromatic ring is 1. The molecule has 0 aromatic carbocycles. The van der Waals surface area contributed by atoms with Crippen molar-refractivity contribution in [2.75, 3.05) is 32.1 Å². The van der Waals surface area contributed by atoms with Crippen LogP contribution in [-0.2, 0) is 0 Å². The minimum Gasteiger partial charge on any atom is -0.350 e. The minimum atomic E-state index is -0.266. The number of pyridine rings is 1. The molecule has 0 radical (unpaired) electrons. The zero-order valence-electron chi connectivity index (χ0n) is 12.4. The zero-order valence-corrected chi connectivity index (χ0v) is 13.2. The largest absolute Gasteiger partial charge is 0.350 e. The number of piperidine rings is 1. The summed E-state index contributed by atoms with van der Waals surface area (Å²) >= 11 is 6.02. The number of hydrazine groups is 1. The third-order valence-corrected chi connectivity index (χ3v) is 4.38. The molecule has 7 heteroatoms. The number of halogens is 1. The molecule has 21 heavy (non-hydrogen) atoms. The van der Waals surface area contributed by atoms with Crippen LogP contribution in [-0.4, -0.2) is 42.5 Å². The molecule has 0 saturated carbocycles. The smallest absolute Gasteiger partial charge is 0.271 e. The Morgan fingerprint density at radius 2 is 2.14 bits per heavy atom. The lowest BCUT2D eigenvalue weighted by Crippen LogP contribution is -2.43. The van der Waals surface area contributed by atoms with Crippen molar-refractivity contribution in [2.24, 2.45) is 11.3 Å². The number of amides is 1. The van der Waals surface area contributed by atoms with Crippen LogP contribution in [0.1, 0.15) is 30.3 Å². The molecule has 2 rings (SSSR count). The second-order valence-electron chi connectivity index (χ2n) is 5.97. The van der Waals surface area contributed by atoms with Gasteiger partial charge in [-0.05, 0) is 50.5 Å². The monoisotopic (exact) mass is 311 g/mol. The molecule has 1 saturated heterocycles. The summed E-state index contributed by atoms with van der Waals surface area (Å²) in [6, 6.07) is 3.23. The number of rotatable bonds is 4. The lowest BCUT2D eigenvalue weighted by molar-refractivity contribution is 0.0887. The maximum atomic E-state index is 12.2. The van der Waals surface area contributed by atoms with E-state index in [2.05, 4.69) is 34.6 Å². The molecule has 0 atom stereocenters. The standard InChI is InChI=1S/C14H22ClN5O/c1-14(5-7-20(2)8-6-14)9-17-13(21)12-10(15)3-4-11(18-12)19-16/h3-4H,5-9,16H2,1-2H3,(H,17,21)(H,18,19). The molecule has 0 spiro atoms. The van der Waals surface area contributed by atoms with Crippen LogP contribution in [0.3, 0.4) is 0 Å². The highest BCUT2D eigenvalue weighted by atomic mass is 35.5. The first-order chi connectivity index (χ1) is 9.93. The van der Waals surface area contributed by atoms with E-state index < -0.39 is 0 Å². The van der Waals surface area contributed by atoms with E-state index in [1.165, 1.54) is 0 Å². The highest BCUT2D eigenvalue weighted by Crippen LogP contribution is 2.29. The molecule has 2 heterocycles. The van der Waals surface area contributed by atoms with Gasteiger partial charge in [-0.15, -0.1) is 0 Å². The van der Waals surface area contributed by atoms with Gasteiger partial charge in [-0.2, -0.15) is 0 Å². The Hall–Kier alpha value is -1.37. The SMILES string of the molecule is CN1CCC(C)(CNC(=O)c2nc(NN)ccc2Cl)CC1. The molecule has 1 amide bonds. The summed E-state index contributed by atoms with van der Waals surface area (Å²) < 4.78 is 0. The van der Waals surface area contributed by atoms with Crippen LogP contribution in [0.15, 0.2) is 12.1 Å². The van der Waals surface area contributed by atoms with Crippen LogP contribution in [0.2, 0.25) is 5.02 Å². The molecule has 1 fully saturated rings. The maximum absolute atomic E-state index is 12.2. The van der Waals surface area contributed by atoms with Crippen molar-refractivity contribution in [3.05, 3.63) is 22.8 Å². The van der Waals surface area contributed by atoms with Crippen molar-refractivity contribution in [2.45, 2.75) is 19.8 Å². The number of likely N-dealkylation sites (tertiary alicyclic amines) is 1. The van der Waals surface area contributed by atoms with Gasteiger partial charge in [0.1, 0.15) is 11.5 Å². The molecule has 0 bridgehead atoms. The Kier molecular flexibility index (Phi) is 5.03. The highest BCUT2D eigenvalue weighted by molar-refractivity contribution is 6.33. The topological polar surface area (TPSA) is 83.3 Å². The highest BCUT2D eigenvalue weighted by Gasteiger charge is 2.29. The molecule has 1 aliphatic heterocycles. The quantitative estimate of drug-likeness (QED) is 0.579. The van der Waals surface area contributed by atoms with Crippen molar-refractivity contribution >= 4 is 23.3 Å². The Labute approximate surface area is 130 Å². The van der Waals surface area contributed by atoms with Crippen molar-refractivity contribution in [3.63, 3.8) is 0 Å². The molecule has 4 N–H and O–H groups in total. The van der Waals surface area contributed by atoms with Crippen LogP contribution < -0.4 is 16.6 Å². The van der Waals surface area contributed by atoms with Gasteiger partial charge in [0.2, 0.25) is 0 Å². The minimum absolute atomic E-state index is 0.123. The van der Waals surface area contributed by atoms with Crippen molar-refractivity contribution in [1.29, 1.82) is 0 Å². The molecule has 0 unspecified atom stereocenters. The van der Waals surface area contributed by atoms with Gasteiger partial charge >= 0.3 is 0 Å². The van der Waals surface area contributed by atoms with E-state index in [-0.39, 0.29) is 17.0 Å². The number of anilines is 1. The summed E-state index contributed by atoms with van der Waals surface area (Å²) in [5, 5.41) is 3.26. The summed E-state index contributed by atoms with van der Waals surface area (Å²) in [5.41, 5.74) is 2.73. The first kappa shape index (κ1) is 16.0. The Morgan fingerprint density at radius 1 is 1.48 bits per heavy atom. The number of hydrogen-bond acceptors (Lipinski definition) is 5. The van der Waals surface area contributed by atoms with E-state index in [0.717, 1.165) is 25.9 Å². The molecule has 116 valence electrons. The maximum Gasteiger partial charge on any atom is 0.271 e.